The van der Waals surface area contributed by atoms with Crippen molar-refractivity contribution >= 4 is 45.2 Å². The lowest BCUT2D eigenvalue weighted by Gasteiger charge is -2.35. The van der Waals surface area contributed by atoms with Gasteiger partial charge in [-0.15, -0.1) is 5.10 Å². The number of hydrogen-bond acceptors (Lipinski definition) is 6. The zero-order valence-corrected chi connectivity index (χ0v) is 23.5. The van der Waals surface area contributed by atoms with Crippen LogP contribution < -0.4 is 10.2 Å². The van der Waals surface area contributed by atoms with Gasteiger partial charge in [-0.3, -0.25) is 24.3 Å². The van der Waals surface area contributed by atoms with Gasteiger partial charge in [0.15, 0.2) is 5.78 Å². The number of benzene rings is 3. The summed E-state index contributed by atoms with van der Waals surface area (Å²) in [5, 5.41) is 12.4. The van der Waals surface area contributed by atoms with Gasteiger partial charge in [0.05, 0.1) is 11.0 Å². The van der Waals surface area contributed by atoms with E-state index in [-0.39, 0.29) is 24.1 Å². The molecule has 9 heteroatoms. The van der Waals surface area contributed by atoms with Crippen LogP contribution in [0.25, 0.3) is 21.9 Å². The first-order chi connectivity index (χ1) is 19.7. The van der Waals surface area contributed by atoms with E-state index in [0.717, 1.165) is 10.9 Å². The van der Waals surface area contributed by atoms with Crippen LogP contribution >= 0.6 is 0 Å². The normalized spacial score (nSPS) is 12.3. The number of carbonyl (C=O) groups is 3. The van der Waals surface area contributed by atoms with Crippen molar-refractivity contribution in [1.29, 1.82) is 0 Å². The van der Waals surface area contributed by atoms with Gasteiger partial charge >= 0.3 is 0 Å². The van der Waals surface area contributed by atoms with Gasteiger partial charge in [-0.1, -0.05) is 48.5 Å². The molecule has 0 bridgehead atoms. The first kappa shape index (κ1) is 27.6. The average Bonchev–Trinajstić information content (AvgIpc) is 3.37. The maximum absolute atomic E-state index is 14.3. The summed E-state index contributed by atoms with van der Waals surface area (Å²) in [6, 6.07) is 22.4. The maximum Gasteiger partial charge on any atom is 0.249 e. The van der Waals surface area contributed by atoms with E-state index in [1.165, 1.54) is 16.5 Å². The summed E-state index contributed by atoms with van der Waals surface area (Å²) < 4.78 is 1.52. The molecule has 0 spiro atoms. The van der Waals surface area contributed by atoms with Crippen LogP contribution in [-0.2, 0) is 16.1 Å². The zero-order chi connectivity index (χ0) is 29.1. The lowest BCUT2D eigenvalue weighted by Crippen LogP contribution is -2.51. The van der Waals surface area contributed by atoms with Crippen molar-refractivity contribution < 1.29 is 14.4 Å². The number of pyridine rings is 1. The van der Waals surface area contributed by atoms with Gasteiger partial charge in [0.1, 0.15) is 18.1 Å². The molecule has 0 aliphatic rings. The Morgan fingerprint density at radius 2 is 1.76 bits per heavy atom. The number of nitrogens with zero attached hydrogens (tertiary/aromatic N) is 5. The lowest BCUT2D eigenvalue weighted by molar-refractivity contribution is -0.128. The number of para-hydroxylation sites is 1. The Hall–Kier alpha value is -4.92. The van der Waals surface area contributed by atoms with Crippen LogP contribution in [-0.4, -0.2) is 43.1 Å². The van der Waals surface area contributed by atoms with E-state index in [2.05, 4.69) is 20.6 Å². The van der Waals surface area contributed by atoms with E-state index in [9.17, 15) is 14.4 Å². The third kappa shape index (κ3) is 5.84. The first-order valence-corrected chi connectivity index (χ1v) is 13.5. The minimum absolute atomic E-state index is 0.147. The van der Waals surface area contributed by atoms with Crippen LogP contribution in [0, 0.1) is 0 Å². The predicted octanol–water partition coefficient (Wildman–Crippen LogP) is 5.26. The second-order valence-electron chi connectivity index (χ2n) is 10.7. The van der Waals surface area contributed by atoms with E-state index in [1.54, 1.807) is 30.5 Å². The minimum atomic E-state index is -1.05. The number of hydrogen-bond donors (Lipinski definition) is 1. The number of ketones is 1. The van der Waals surface area contributed by atoms with Gasteiger partial charge < -0.3 is 5.32 Å². The summed E-state index contributed by atoms with van der Waals surface area (Å²) >= 11 is 0. The van der Waals surface area contributed by atoms with Gasteiger partial charge in [-0.05, 0) is 75.2 Å². The molecule has 0 unspecified atom stereocenters. The molecule has 3 aromatic carbocycles. The fourth-order valence-electron chi connectivity index (χ4n) is 4.72. The second-order valence-corrected chi connectivity index (χ2v) is 10.7. The molecule has 5 rings (SSSR count). The quantitative estimate of drug-likeness (QED) is 0.252. The molecule has 0 radical (unpaired) electrons. The monoisotopic (exact) mass is 548 g/mol. The highest BCUT2D eigenvalue weighted by Gasteiger charge is 2.35. The number of rotatable bonds is 9. The van der Waals surface area contributed by atoms with Gasteiger partial charge in [-0.25, -0.2) is 4.68 Å². The Labute approximate surface area is 238 Å². The van der Waals surface area contributed by atoms with Crippen molar-refractivity contribution in [3.05, 3.63) is 96.2 Å². The van der Waals surface area contributed by atoms with Gasteiger partial charge in [0, 0.05) is 28.4 Å². The summed E-state index contributed by atoms with van der Waals surface area (Å²) in [6.07, 6.45) is 2.40. The topological polar surface area (TPSA) is 110 Å². The van der Waals surface area contributed by atoms with Crippen molar-refractivity contribution in [2.24, 2.45) is 0 Å². The Bertz CT molecular complexity index is 1760. The zero-order valence-electron chi connectivity index (χ0n) is 23.5. The summed E-state index contributed by atoms with van der Waals surface area (Å²) in [5.74, 6) is -0.876. The number of amides is 2. The lowest BCUT2D eigenvalue weighted by atomic mass is 9.97. The smallest absolute Gasteiger partial charge is 0.249 e. The first-order valence-electron chi connectivity index (χ1n) is 13.5. The van der Waals surface area contributed by atoms with Crippen molar-refractivity contribution in [3.63, 3.8) is 0 Å². The molecule has 0 saturated carbocycles. The number of Topliss-reactive ketones (excluding diaryl/α,β-unsaturated/α-hetero) is 1. The molecule has 0 fully saturated rings. The largest absolute Gasteiger partial charge is 0.349 e. The molecule has 0 aliphatic carbocycles. The SMILES string of the molecule is CCC(C)(C)NC(=O)[C@@H](c1ccc2ncccc2c1)N(C(=O)Cn1nnc2ccccc21)c1cccc(C(C)=O)c1. The highest BCUT2D eigenvalue weighted by atomic mass is 16.2. The standard InChI is InChI=1S/C32H32N6O3/c1-5-32(3,4)34-31(41)30(24-15-16-26-23(18-24)11-9-17-33-26)38(25-12-8-10-22(19-25)21(2)39)29(40)20-37-28-14-7-6-13-27(28)35-36-37/h6-19,30H,5,20H2,1-4H3,(H,34,41)/t30-/m1/s1. The van der Waals surface area contributed by atoms with E-state index in [4.69, 9.17) is 0 Å². The molecule has 2 heterocycles. The van der Waals surface area contributed by atoms with Crippen LogP contribution in [0.1, 0.15) is 56.1 Å². The number of nitrogens with one attached hydrogen (secondary N) is 1. The second kappa shape index (κ2) is 11.3. The molecule has 1 N–H and O–H groups in total. The molecule has 2 aromatic heterocycles. The Balaban J connectivity index is 1.68. The van der Waals surface area contributed by atoms with Crippen molar-refractivity contribution in [1.82, 2.24) is 25.3 Å². The summed E-state index contributed by atoms with van der Waals surface area (Å²) in [6.45, 7) is 7.18. The van der Waals surface area contributed by atoms with Gasteiger partial charge in [0.2, 0.25) is 11.8 Å². The van der Waals surface area contributed by atoms with Crippen molar-refractivity contribution in [2.45, 2.75) is 52.2 Å². The Morgan fingerprint density at radius 1 is 0.951 bits per heavy atom. The average molecular weight is 549 g/mol. The molecule has 0 aliphatic heterocycles. The molecule has 0 saturated heterocycles. The summed E-state index contributed by atoms with van der Waals surface area (Å²) in [5.41, 5.74) is 3.07. The fourth-order valence-corrected chi connectivity index (χ4v) is 4.72. The molecular weight excluding hydrogens is 516 g/mol. The van der Waals surface area contributed by atoms with Crippen molar-refractivity contribution in [3.8, 4) is 0 Å². The van der Waals surface area contributed by atoms with Gasteiger partial charge in [0.25, 0.3) is 0 Å². The minimum Gasteiger partial charge on any atom is -0.349 e. The van der Waals surface area contributed by atoms with E-state index >= 15 is 0 Å². The molecule has 9 nitrogen and oxygen atoms in total. The molecule has 1 atom stereocenters. The van der Waals surface area contributed by atoms with E-state index in [1.807, 2.05) is 75.4 Å². The molecule has 41 heavy (non-hydrogen) atoms. The highest BCUT2D eigenvalue weighted by molar-refractivity contribution is 6.03. The van der Waals surface area contributed by atoms with E-state index in [0.29, 0.717) is 34.3 Å². The van der Waals surface area contributed by atoms with Crippen LogP contribution in [0.5, 0.6) is 0 Å². The third-order valence-electron chi connectivity index (χ3n) is 7.30. The van der Waals surface area contributed by atoms with Gasteiger partial charge in [-0.2, -0.15) is 0 Å². The number of anilines is 1. The number of aromatic nitrogens is 4. The fraction of sp³-hybridized carbons (Fsp3) is 0.250. The maximum atomic E-state index is 14.3. The van der Waals surface area contributed by atoms with Crippen LogP contribution in [0.4, 0.5) is 5.69 Å². The van der Waals surface area contributed by atoms with Crippen LogP contribution in [0.3, 0.4) is 0 Å². The molecule has 5 aromatic rings. The van der Waals surface area contributed by atoms with E-state index < -0.39 is 11.6 Å². The number of carbonyl (C=O) groups excluding carboxylic acids is 3. The third-order valence-corrected chi connectivity index (χ3v) is 7.30. The predicted molar refractivity (Wildman–Crippen MR) is 158 cm³/mol. The summed E-state index contributed by atoms with van der Waals surface area (Å²) in [4.78, 5) is 46.7. The Kier molecular flexibility index (Phi) is 7.61. The molecular formula is C32H32N6O3. The Morgan fingerprint density at radius 3 is 2.54 bits per heavy atom. The molecule has 208 valence electrons. The van der Waals surface area contributed by atoms with Crippen LogP contribution in [0.2, 0.25) is 0 Å². The highest BCUT2D eigenvalue weighted by Crippen LogP contribution is 2.32. The summed E-state index contributed by atoms with van der Waals surface area (Å²) in [7, 11) is 0. The number of fused-ring (bicyclic) bond motifs is 2. The van der Waals surface area contributed by atoms with Crippen LogP contribution in [0.15, 0.2) is 85.1 Å². The molecule has 2 amide bonds. The van der Waals surface area contributed by atoms with Crippen molar-refractivity contribution in [2.75, 3.05) is 4.90 Å².